The second-order valence-corrected chi connectivity index (χ2v) is 5.69. The van der Waals surface area contributed by atoms with E-state index in [2.05, 4.69) is 5.10 Å². The van der Waals surface area contributed by atoms with E-state index in [9.17, 15) is 14.3 Å². The predicted molar refractivity (Wildman–Crippen MR) is 85.9 cm³/mol. The first-order valence-corrected chi connectivity index (χ1v) is 7.46. The maximum absolute atomic E-state index is 14.2. The van der Waals surface area contributed by atoms with E-state index in [1.54, 1.807) is 30.3 Å². The van der Waals surface area contributed by atoms with E-state index < -0.39 is 11.9 Å². The fourth-order valence-electron chi connectivity index (χ4n) is 2.73. The molecule has 0 unspecified atom stereocenters. The second kappa shape index (κ2) is 6.01. The fourth-order valence-corrected chi connectivity index (χ4v) is 3.02. The third-order valence-corrected chi connectivity index (χ3v) is 4.11. The number of para-hydroxylation sites is 1. The Labute approximate surface area is 137 Å². The largest absolute Gasteiger partial charge is 0.507 e. The molecule has 118 valence electrons. The maximum Gasteiger partial charge on any atom is 0.240 e. The summed E-state index contributed by atoms with van der Waals surface area (Å²) in [6, 6.07) is 10.5. The molecule has 4 nitrogen and oxygen atoms in total. The summed E-state index contributed by atoms with van der Waals surface area (Å²) >= 11 is 6.13. The van der Waals surface area contributed by atoms with Gasteiger partial charge in [-0.25, -0.2) is 9.40 Å². The van der Waals surface area contributed by atoms with Crippen molar-refractivity contribution in [2.45, 2.75) is 19.4 Å². The predicted octanol–water partition coefficient (Wildman–Crippen LogP) is 3.88. The normalized spacial score (nSPS) is 17.3. The summed E-state index contributed by atoms with van der Waals surface area (Å²) in [5.41, 5.74) is 1.27. The zero-order valence-corrected chi connectivity index (χ0v) is 13.1. The number of amides is 1. The maximum atomic E-state index is 14.2. The van der Waals surface area contributed by atoms with Gasteiger partial charge < -0.3 is 5.11 Å². The Balaban J connectivity index is 2.05. The minimum Gasteiger partial charge on any atom is -0.507 e. The number of hydrogen-bond donors (Lipinski definition) is 1. The minimum atomic E-state index is -0.629. The van der Waals surface area contributed by atoms with E-state index in [-0.39, 0.29) is 28.7 Å². The van der Waals surface area contributed by atoms with Crippen molar-refractivity contribution in [2.24, 2.45) is 5.10 Å². The Morgan fingerprint density at radius 1 is 1.30 bits per heavy atom. The SMILES string of the molecule is CC(=O)N1N=C(c2ccccc2O)C[C@@H]1c1c(F)cccc1Cl. The first-order valence-electron chi connectivity index (χ1n) is 7.08. The van der Waals surface area contributed by atoms with Gasteiger partial charge in [0.25, 0.3) is 0 Å². The van der Waals surface area contributed by atoms with Crippen LogP contribution in [0.2, 0.25) is 5.02 Å². The summed E-state index contributed by atoms with van der Waals surface area (Å²) in [4.78, 5) is 11.9. The van der Waals surface area contributed by atoms with Crippen molar-refractivity contribution < 1.29 is 14.3 Å². The van der Waals surface area contributed by atoms with Crippen molar-refractivity contribution in [2.75, 3.05) is 0 Å². The molecule has 1 N–H and O–H groups in total. The van der Waals surface area contributed by atoms with Gasteiger partial charge in [-0.15, -0.1) is 0 Å². The van der Waals surface area contributed by atoms with Gasteiger partial charge in [-0.1, -0.05) is 29.8 Å². The number of hydrazone groups is 1. The van der Waals surface area contributed by atoms with Crippen LogP contribution in [0.1, 0.15) is 30.5 Å². The zero-order valence-electron chi connectivity index (χ0n) is 12.3. The van der Waals surface area contributed by atoms with Gasteiger partial charge in [-0.05, 0) is 24.3 Å². The number of halogens is 2. The Morgan fingerprint density at radius 3 is 2.70 bits per heavy atom. The molecule has 6 heteroatoms. The van der Waals surface area contributed by atoms with Crippen LogP contribution >= 0.6 is 11.6 Å². The molecule has 3 rings (SSSR count). The molecule has 0 fully saturated rings. The lowest BCUT2D eigenvalue weighted by atomic mass is 9.97. The molecule has 23 heavy (non-hydrogen) atoms. The lowest BCUT2D eigenvalue weighted by Crippen LogP contribution is -2.25. The van der Waals surface area contributed by atoms with Crippen LogP contribution in [0, 0.1) is 5.82 Å². The molecule has 0 bridgehead atoms. The van der Waals surface area contributed by atoms with Crippen molar-refractivity contribution in [1.82, 2.24) is 5.01 Å². The Bertz CT molecular complexity index is 787. The third-order valence-electron chi connectivity index (χ3n) is 3.78. The van der Waals surface area contributed by atoms with E-state index in [4.69, 9.17) is 11.6 Å². The van der Waals surface area contributed by atoms with E-state index in [0.717, 1.165) is 0 Å². The van der Waals surface area contributed by atoms with Crippen molar-refractivity contribution in [3.63, 3.8) is 0 Å². The minimum absolute atomic E-state index is 0.0648. The van der Waals surface area contributed by atoms with Gasteiger partial charge in [0.2, 0.25) is 5.91 Å². The number of carbonyl (C=O) groups excluding carboxylic acids is 1. The highest BCUT2D eigenvalue weighted by Crippen LogP contribution is 2.38. The van der Waals surface area contributed by atoms with Crippen molar-refractivity contribution in [1.29, 1.82) is 0 Å². The van der Waals surface area contributed by atoms with Gasteiger partial charge in [0.05, 0.1) is 11.8 Å². The molecule has 1 aliphatic rings. The second-order valence-electron chi connectivity index (χ2n) is 5.28. The number of nitrogens with zero attached hydrogens (tertiary/aromatic N) is 2. The molecular formula is C17H14ClFN2O2. The van der Waals surface area contributed by atoms with Gasteiger partial charge in [-0.2, -0.15) is 5.10 Å². The first kappa shape index (κ1) is 15.5. The third kappa shape index (κ3) is 2.80. The summed E-state index contributed by atoms with van der Waals surface area (Å²) in [5, 5.41) is 15.7. The van der Waals surface area contributed by atoms with E-state index in [1.165, 1.54) is 24.1 Å². The van der Waals surface area contributed by atoms with Crippen LogP contribution in [0.25, 0.3) is 0 Å². The van der Waals surface area contributed by atoms with E-state index in [0.29, 0.717) is 11.3 Å². The highest BCUT2D eigenvalue weighted by atomic mass is 35.5. The van der Waals surface area contributed by atoms with E-state index >= 15 is 0 Å². The molecule has 0 saturated carbocycles. The zero-order chi connectivity index (χ0) is 16.6. The van der Waals surface area contributed by atoms with Crippen LogP contribution in [0.4, 0.5) is 4.39 Å². The molecule has 1 heterocycles. The lowest BCUT2D eigenvalue weighted by Gasteiger charge is -2.21. The van der Waals surface area contributed by atoms with Crippen molar-refractivity contribution >= 4 is 23.2 Å². The van der Waals surface area contributed by atoms with Crippen molar-refractivity contribution in [3.8, 4) is 5.75 Å². The fraction of sp³-hybridized carbons (Fsp3) is 0.176. The van der Waals surface area contributed by atoms with Crippen molar-refractivity contribution in [3.05, 3.63) is 64.4 Å². The number of aromatic hydroxyl groups is 1. The summed E-state index contributed by atoms with van der Waals surface area (Å²) in [6.07, 6.45) is 0.276. The smallest absolute Gasteiger partial charge is 0.240 e. The molecule has 1 atom stereocenters. The Hall–Kier alpha value is -2.40. The molecule has 2 aromatic carbocycles. The molecule has 0 radical (unpaired) electrons. The van der Waals surface area contributed by atoms with Crippen LogP contribution in [0.15, 0.2) is 47.6 Å². The van der Waals surface area contributed by atoms with Gasteiger partial charge in [-0.3, -0.25) is 4.79 Å². The number of phenols is 1. The van der Waals surface area contributed by atoms with Crippen LogP contribution < -0.4 is 0 Å². The molecular weight excluding hydrogens is 319 g/mol. The standard InChI is InChI=1S/C17H14ClFN2O2/c1-10(22)21-15(17-12(18)6-4-7-13(17)19)9-14(20-21)11-5-2-3-8-16(11)23/h2-8,15,23H,9H2,1H3/t15-/m1/s1. The molecule has 2 aromatic rings. The van der Waals surface area contributed by atoms with Crippen LogP contribution in [0.3, 0.4) is 0 Å². The number of rotatable bonds is 2. The number of phenolic OH excluding ortho intramolecular Hbond substituents is 1. The average Bonchev–Trinajstić information content (AvgIpc) is 2.92. The summed E-state index contributed by atoms with van der Waals surface area (Å²) in [5.74, 6) is -0.739. The topological polar surface area (TPSA) is 52.9 Å². The molecule has 1 amide bonds. The summed E-state index contributed by atoms with van der Waals surface area (Å²) in [7, 11) is 0. The molecule has 0 aliphatic carbocycles. The number of benzene rings is 2. The molecule has 0 aromatic heterocycles. The number of hydrogen-bond acceptors (Lipinski definition) is 3. The highest BCUT2D eigenvalue weighted by Gasteiger charge is 2.35. The molecule has 1 aliphatic heterocycles. The van der Waals surface area contributed by atoms with Gasteiger partial charge in [0.15, 0.2) is 0 Å². The summed E-state index contributed by atoms with van der Waals surface area (Å²) in [6.45, 7) is 1.36. The van der Waals surface area contributed by atoms with Gasteiger partial charge >= 0.3 is 0 Å². The Morgan fingerprint density at radius 2 is 2.04 bits per heavy atom. The molecule has 0 spiro atoms. The van der Waals surface area contributed by atoms with Crippen LogP contribution in [0.5, 0.6) is 5.75 Å². The average molecular weight is 333 g/mol. The highest BCUT2D eigenvalue weighted by molar-refractivity contribution is 6.31. The lowest BCUT2D eigenvalue weighted by molar-refractivity contribution is -0.130. The van der Waals surface area contributed by atoms with Gasteiger partial charge in [0, 0.05) is 29.5 Å². The van der Waals surface area contributed by atoms with Crippen LogP contribution in [-0.4, -0.2) is 21.7 Å². The van der Waals surface area contributed by atoms with E-state index in [1.807, 2.05) is 0 Å². The first-order chi connectivity index (χ1) is 11.0. The summed E-state index contributed by atoms with van der Waals surface area (Å²) < 4.78 is 14.2. The quantitative estimate of drug-likeness (QED) is 0.907. The monoisotopic (exact) mass is 332 g/mol. The Kier molecular flexibility index (Phi) is 4.05. The molecule has 0 saturated heterocycles. The van der Waals surface area contributed by atoms with Gasteiger partial charge in [0.1, 0.15) is 11.6 Å². The number of carbonyl (C=O) groups is 1. The van der Waals surface area contributed by atoms with Crippen LogP contribution in [-0.2, 0) is 4.79 Å².